The third-order valence-electron chi connectivity index (χ3n) is 5.04. The molecule has 0 bridgehead atoms. The second kappa shape index (κ2) is 8.25. The highest BCUT2D eigenvalue weighted by atomic mass is 16.5. The number of aromatic nitrogens is 2. The number of carbonyl (C=O) groups is 1. The fourth-order valence-corrected chi connectivity index (χ4v) is 3.43. The van der Waals surface area contributed by atoms with Crippen LogP contribution in [0.5, 0.6) is 0 Å². The average molecular weight is 376 g/mol. The predicted molar refractivity (Wildman–Crippen MR) is 108 cm³/mol. The minimum Gasteiger partial charge on any atom is -0.372 e. The van der Waals surface area contributed by atoms with E-state index in [0.717, 1.165) is 18.7 Å². The number of anilines is 1. The van der Waals surface area contributed by atoms with Gasteiger partial charge in [-0.15, -0.1) is 0 Å². The van der Waals surface area contributed by atoms with Crippen molar-refractivity contribution in [1.82, 2.24) is 15.5 Å². The molecule has 6 nitrogen and oxygen atoms in total. The molecule has 1 aromatic heterocycles. The zero-order valence-corrected chi connectivity index (χ0v) is 16.0. The molecule has 3 aromatic rings. The van der Waals surface area contributed by atoms with Gasteiger partial charge in [0.2, 0.25) is 11.7 Å². The quantitative estimate of drug-likeness (QED) is 0.722. The Bertz CT molecular complexity index is 915. The lowest BCUT2D eigenvalue weighted by Gasteiger charge is -2.28. The predicted octanol–water partition coefficient (Wildman–Crippen LogP) is 4.22. The maximum absolute atomic E-state index is 12.3. The topological polar surface area (TPSA) is 71.3 Å². The van der Waals surface area contributed by atoms with Crippen LogP contribution in [0.3, 0.4) is 0 Å². The molecule has 0 spiro atoms. The molecule has 1 saturated heterocycles. The summed E-state index contributed by atoms with van der Waals surface area (Å²) < 4.78 is 5.38. The number of benzene rings is 2. The second-order valence-electron chi connectivity index (χ2n) is 7.11. The van der Waals surface area contributed by atoms with Crippen molar-refractivity contribution in [2.24, 2.45) is 0 Å². The van der Waals surface area contributed by atoms with E-state index in [-0.39, 0.29) is 11.9 Å². The summed E-state index contributed by atoms with van der Waals surface area (Å²) in [5.41, 5.74) is 2.73. The molecular formula is C22H24N4O2. The molecule has 2 heterocycles. The van der Waals surface area contributed by atoms with Gasteiger partial charge in [0.1, 0.15) is 6.04 Å². The molecule has 0 radical (unpaired) electrons. The summed E-state index contributed by atoms with van der Waals surface area (Å²) in [5.74, 6) is 0.749. The highest BCUT2D eigenvalue weighted by Crippen LogP contribution is 2.24. The normalized spacial score (nSPS) is 15.2. The molecule has 1 fully saturated rings. The monoisotopic (exact) mass is 376 g/mol. The number of nitrogens with zero attached hydrogens (tertiary/aromatic N) is 3. The number of nitrogens with one attached hydrogen (secondary N) is 1. The van der Waals surface area contributed by atoms with Crippen molar-refractivity contribution in [2.75, 3.05) is 18.0 Å². The van der Waals surface area contributed by atoms with Crippen molar-refractivity contribution in [1.29, 1.82) is 0 Å². The van der Waals surface area contributed by atoms with Crippen molar-refractivity contribution in [3.63, 3.8) is 0 Å². The molecule has 2 aromatic carbocycles. The minimum absolute atomic E-state index is 0.168. The molecule has 1 unspecified atom stereocenters. The van der Waals surface area contributed by atoms with Crippen LogP contribution in [0.2, 0.25) is 0 Å². The number of carbonyl (C=O) groups excluding carboxylic acids is 1. The molecular weight excluding hydrogens is 352 g/mol. The van der Waals surface area contributed by atoms with Crippen LogP contribution >= 0.6 is 0 Å². The molecule has 144 valence electrons. The van der Waals surface area contributed by atoms with E-state index in [1.807, 2.05) is 37.3 Å². The SMILES string of the molecule is CC(NC(=O)c1ccccc1)c1nc(-c2ccc(N3CCCCC3)cc2)no1. The van der Waals surface area contributed by atoms with Gasteiger partial charge in [0.05, 0.1) is 0 Å². The maximum Gasteiger partial charge on any atom is 0.251 e. The van der Waals surface area contributed by atoms with Crippen LogP contribution in [0.4, 0.5) is 5.69 Å². The molecule has 1 amide bonds. The summed E-state index contributed by atoms with van der Waals surface area (Å²) >= 11 is 0. The first-order valence-corrected chi connectivity index (χ1v) is 9.75. The van der Waals surface area contributed by atoms with E-state index >= 15 is 0 Å². The summed E-state index contributed by atoms with van der Waals surface area (Å²) in [7, 11) is 0. The summed E-state index contributed by atoms with van der Waals surface area (Å²) in [5, 5.41) is 6.97. The van der Waals surface area contributed by atoms with Gasteiger partial charge in [-0.1, -0.05) is 23.4 Å². The van der Waals surface area contributed by atoms with Crippen molar-refractivity contribution in [3.05, 3.63) is 66.1 Å². The number of amides is 1. The van der Waals surface area contributed by atoms with E-state index in [1.165, 1.54) is 24.9 Å². The molecule has 1 atom stereocenters. The van der Waals surface area contributed by atoms with E-state index < -0.39 is 0 Å². The van der Waals surface area contributed by atoms with Gasteiger partial charge >= 0.3 is 0 Å². The zero-order chi connectivity index (χ0) is 19.3. The summed E-state index contributed by atoms with van der Waals surface area (Å²) in [4.78, 5) is 19.2. The molecule has 4 rings (SSSR count). The van der Waals surface area contributed by atoms with E-state index in [9.17, 15) is 4.79 Å². The highest BCUT2D eigenvalue weighted by Gasteiger charge is 2.18. The summed E-state index contributed by atoms with van der Waals surface area (Å²) in [6, 6.07) is 17.0. The van der Waals surface area contributed by atoms with Crippen molar-refractivity contribution in [3.8, 4) is 11.4 Å². The van der Waals surface area contributed by atoms with Gasteiger partial charge < -0.3 is 14.7 Å². The molecule has 1 aliphatic heterocycles. The second-order valence-corrected chi connectivity index (χ2v) is 7.11. The largest absolute Gasteiger partial charge is 0.372 e. The average Bonchev–Trinajstić information content (AvgIpc) is 3.26. The maximum atomic E-state index is 12.3. The fourth-order valence-electron chi connectivity index (χ4n) is 3.43. The van der Waals surface area contributed by atoms with Crippen LogP contribution in [-0.4, -0.2) is 29.1 Å². The van der Waals surface area contributed by atoms with E-state index in [0.29, 0.717) is 17.3 Å². The molecule has 1 aliphatic rings. The molecule has 6 heteroatoms. The van der Waals surface area contributed by atoms with Crippen LogP contribution in [0.1, 0.15) is 48.5 Å². The Morgan fingerprint density at radius 3 is 2.46 bits per heavy atom. The molecule has 0 saturated carbocycles. The van der Waals surface area contributed by atoms with E-state index in [4.69, 9.17) is 4.52 Å². The van der Waals surface area contributed by atoms with Crippen molar-refractivity contribution in [2.45, 2.75) is 32.2 Å². The Morgan fingerprint density at radius 2 is 1.75 bits per heavy atom. The Balaban J connectivity index is 1.42. The smallest absolute Gasteiger partial charge is 0.251 e. The molecule has 1 N–H and O–H groups in total. The van der Waals surface area contributed by atoms with Gasteiger partial charge in [-0.3, -0.25) is 4.79 Å². The standard InChI is InChI=1S/C22H24N4O2/c1-16(23-21(27)18-8-4-2-5-9-18)22-24-20(25-28-22)17-10-12-19(13-11-17)26-14-6-3-7-15-26/h2,4-5,8-13,16H,3,6-7,14-15H2,1H3,(H,23,27). The third-order valence-corrected chi connectivity index (χ3v) is 5.04. The Kier molecular flexibility index (Phi) is 5.37. The first kappa shape index (κ1) is 18.2. The first-order valence-electron chi connectivity index (χ1n) is 9.75. The van der Waals surface area contributed by atoms with Gasteiger partial charge in [0.15, 0.2) is 0 Å². The number of rotatable bonds is 5. The lowest BCUT2D eigenvalue weighted by Crippen LogP contribution is -2.29. The van der Waals surface area contributed by atoms with Crippen LogP contribution in [0.25, 0.3) is 11.4 Å². The minimum atomic E-state index is -0.374. The van der Waals surface area contributed by atoms with Crippen LogP contribution in [0.15, 0.2) is 59.1 Å². The van der Waals surface area contributed by atoms with E-state index in [1.54, 1.807) is 12.1 Å². The number of hydrogen-bond acceptors (Lipinski definition) is 5. The molecule has 28 heavy (non-hydrogen) atoms. The zero-order valence-electron chi connectivity index (χ0n) is 16.0. The van der Waals surface area contributed by atoms with Crippen molar-refractivity contribution >= 4 is 11.6 Å². The fraction of sp³-hybridized carbons (Fsp3) is 0.318. The Hall–Kier alpha value is -3.15. The van der Waals surface area contributed by atoms with Crippen molar-refractivity contribution < 1.29 is 9.32 Å². The third kappa shape index (κ3) is 4.06. The highest BCUT2D eigenvalue weighted by molar-refractivity contribution is 5.94. The molecule has 0 aliphatic carbocycles. The van der Waals surface area contributed by atoms with Gasteiger partial charge in [-0.25, -0.2) is 0 Å². The summed E-state index contributed by atoms with van der Waals surface area (Å²) in [6.07, 6.45) is 3.82. The number of hydrogen-bond donors (Lipinski definition) is 1. The Labute approximate surface area is 164 Å². The summed E-state index contributed by atoms with van der Waals surface area (Å²) in [6.45, 7) is 4.06. The lowest BCUT2D eigenvalue weighted by molar-refractivity contribution is 0.0932. The van der Waals surface area contributed by atoms with Gasteiger partial charge in [0.25, 0.3) is 5.91 Å². The Morgan fingerprint density at radius 1 is 1.04 bits per heavy atom. The van der Waals surface area contributed by atoms with E-state index in [2.05, 4.69) is 32.5 Å². The number of piperidine rings is 1. The van der Waals surface area contributed by atoms with Gasteiger partial charge in [-0.2, -0.15) is 4.98 Å². The van der Waals surface area contributed by atoms with Crippen LogP contribution in [-0.2, 0) is 0 Å². The van der Waals surface area contributed by atoms with Crippen LogP contribution < -0.4 is 10.2 Å². The van der Waals surface area contributed by atoms with Crippen LogP contribution in [0, 0.1) is 0 Å². The first-order chi connectivity index (χ1) is 13.7. The van der Waals surface area contributed by atoms with Gasteiger partial charge in [0, 0.05) is 29.9 Å². The lowest BCUT2D eigenvalue weighted by atomic mass is 10.1. The van der Waals surface area contributed by atoms with Gasteiger partial charge in [-0.05, 0) is 62.6 Å².